The molecule has 0 aliphatic rings. The van der Waals surface area contributed by atoms with Crippen LogP contribution in [0.15, 0.2) is 24.3 Å². The molecule has 1 aromatic carbocycles. The van der Waals surface area contributed by atoms with Crippen molar-refractivity contribution in [2.75, 3.05) is 0 Å². The molecule has 2 atom stereocenters. The first-order valence-corrected chi connectivity index (χ1v) is 7.02. The highest BCUT2D eigenvalue weighted by Crippen LogP contribution is 2.30. The summed E-state index contributed by atoms with van der Waals surface area (Å²) in [6.45, 7) is 7.26. The van der Waals surface area contributed by atoms with Gasteiger partial charge in [-0.05, 0) is 45.4 Å². The van der Waals surface area contributed by atoms with Crippen LogP contribution in [0.3, 0.4) is 0 Å². The summed E-state index contributed by atoms with van der Waals surface area (Å²) >= 11 is 0. The van der Waals surface area contributed by atoms with Gasteiger partial charge < -0.3 is 0 Å². The molecule has 0 aliphatic heterocycles. The van der Waals surface area contributed by atoms with Gasteiger partial charge in [0.1, 0.15) is 0 Å². The van der Waals surface area contributed by atoms with Crippen LogP contribution in [-0.2, 0) is 17.2 Å². The molecule has 6 heteroatoms. The molecule has 0 aliphatic carbocycles. The van der Waals surface area contributed by atoms with Crippen molar-refractivity contribution in [3.63, 3.8) is 0 Å². The number of halogens is 3. The number of hydrogen-bond acceptors (Lipinski definition) is 1. The minimum atomic E-state index is -4.33. The zero-order valence-corrected chi connectivity index (χ0v) is 12.2. The molecular formula is C13H18F3NOS. The van der Waals surface area contributed by atoms with Gasteiger partial charge in [0.25, 0.3) is 0 Å². The first kappa shape index (κ1) is 16.2. The van der Waals surface area contributed by atoms with Gasteiger partial charge in [-0.15, -0.1) is 0 Å². The Bertz CT molecular complexity index is 448. The van der Waals surface area contributed by atoms with Crippen molar-refractivity contribution in [1.29, 1.82) is 0 Å². The van der Waals surface area contributed by atoms with Crippen LogP contribution in [0.5, 0.6) is 0 Å². The molecule has 0 saturated carbocycles. The van der Waals surface area contributed by atoms with Gasteiger partial charge in [-0.25, -0.2) is 8.93 Å². The second-order valence-corrected chi connectivity index (χ2v) is 7.34. The van der Waals surface area contributed by atoms with Crippen LogP contribution in [0.25, 0.3) is 0 Å². The van der Waals surface area contributed by atoms with E-state index in [9.17, 15) is 17.4 Å². The molecule has 1 rings (SSSR count). The summed E-state index contributed by atoms with van der Waals surface area (Å²) in [4.78, 5) is 0. The summed E-state index contributed by atoms with van der Waals surface area (Å²) in [6, 6.07) is 4.60. The Kier molecular flexibility index (Phi) is 4.79. The molecule has 0 radical (unpaired) electrons. The van der Waals surface area contributed by atoms with E-state index in [4.69, 9.17) is 0 Å². The summed E-state index contributed by atoms with van der Waals surface area (Å²) in [5, 5.41) is 0. The maximum absolute atomic E-state index is 12.4. The largest absolute Gasteiger partial charge is 0.416 e. The molecule has 0 heterocycles. The number of rotatable bonds is 3. The lowest BCUT2D eigenvalue weighted by atomic mass is 10.1. The standard InChI is InChI=1S/C13H18F3NOS/c1-9(17-19(18)12(2,3)4)10-5-7-11(8-6-10)13(14,15)16/h5-9,17H,1-4H3/t9-,19-/m1/s1. The molecule has 0 aromatic heterocycles. The van der Waals surface area contributed by atoms with Crippen LogP contribution in [-0.4, -0.2) is 8.96 Å². The van der Waals surface area contributed by atoms with E-state index in [0.29, 0.717) is 5.56 Å². The first-order valence-electron chi connectivity index (χ1n) is 5.87. The molecule has 1 N–H and O–H groups in total. The van der Waals surface area contributed by atoms with Gasteiger partial charge in [-0.1, -0.05) is 12.1 Å². The Morgan fingerprint density at radius 2 is 1.58 bits per heavy atom. The summed E-state index contributed by atoms with van der Waals surface area (Å²) in [5.74, 6) is 0. The van der Waals surface area contributed by atoms with Crippen molar-refractivity contribution >= 4 is 11.0 Å². The Morgan fingerprint density at radius 1 is 1.11 bits per heavy atom. The fourth-order valence-electron chi connectivity index (χ4n) is 1.37. The lowest BCUT2D eigenvalue weighted by Crippen LogP contribution is -2.34. The quantitative estimate of drug-likeness (QED) is 0.902. The maximum atomic E-state index is 12.4. The Morgan fingerprint density at radius 3 is 1.95 bits per heavy atom. The topological polar surface area (TPSA) is 29.1 Å². The average molecular weight is 293 g/mol. The number of alkyl halides is 3. The Hall–Kier alpha value is -0.880. The molecule has 0 unspecified atom stereocenters. The molecule has 0 bridgehead atoms. The van der Waals surface area contributed by atoms with Gasteiger partial charge in [0.05, 0.1) is 21.3 Å². The zero-order chi connectivity index (χ0) is 14.8. The highest BCUT2D eigenvalue weighted by molar-refractivity contribution is 7.84. The molecule has 2 nitrogen and oxygen atoms in total. The second-order valence-electron chi connectivity index (χ2n) is 5.34. The van der Waals surface area contributed by atoms with Gasteiger partial charge in [-0.3, -0.25) is 0 Å². The van der Waals surface area contributed by atoms with E-state index >= 15 is 0 Å². The van der Waals surface area contributed by atoms with E-state index < -0.39 is 27.5 Å². The lowest BCUT2D eigenvalue weighted by Gasteiger charge is -2.22. The van der Waals surface area contributed by atoms with Crippen LogP contribution in [0.1, 0.15) is 44.9 Å². The van der Waals surface area contributed by atoms with Gasteiger partial charge in [0.15, 0.2) is 0 Å². The summed E-state index contributed by atoms with van der Waals surface area (Å²) in [7, 11) is -1.26. The fraction of sp³-hybridized carbons (Fsp3) is 0.538. The minimum absolute atomic E-state index is 0.276. The van der Waals surface area contributed by atoms with E-state index in [0.717, 1.165) is 12.1 Å². The fourth-order valence-corrected chi connectivity index (χ4v) is 2.18. The molecule has 0 saturated heterocycles. The molecule has 0 fully saturated rings. The van der Waals surface area contributed by atoms with E-state index in [2.05, 4.69) is 4.72 Å². The Balaban J connectivity index is 2.79. The molecule has 108 valence electrons. The Labute approximate surface area is 114 Å². The molecule has 1 aromatic rings. The van der Waals surface area contributed by atoms with Crippen molar-refractivity contribution in [3.8, 4) is 0 Å². The van der Waals surface area contributed by atoms with Crippen molar-refractivity contribution in [2.24, 2.45) is 0 Å². The van der Waals surface area contributed by atoms with E-state index in [1.165, 1.54) is 12.1 Å². The van der Waals surface area contributed by atoms with Crippen molar-refractivity contribution in [1.82, 2.24) is 4.72 Å². The number of nitrogens with one attached hydrogen (secondary N) is 1. The number of benzene rings is 1. The predicted molar refractivity (Wildman–Crippen MR) is 70.9 cm³/mol. The monoisotopic (exact) mass is 293 g/mol. The van der Waals surface area contributed by atoms with E-state index in [1.807, 2.05) is 20.8 Å². The first-order chi connectivity index (χ1) is 8.51. The molecule has 19 heavy (non-hydrogen) atoms. The summed E-state index contributed by atoms with van der Waals surface area (Å²) in [6.07, 6.45) is -4.33. The highest BCUT2D eigenvalue weighted by atomic mass is 32.2. The summed E-state index contributed by atoms with van der Waals surface area (Å²) in [5.41, 5.74) is -0.00834. The highest BCUT2D eigenvalue weighted by Gasteiger charge is 2.30. The number of hydrogen-bond donors (Lipinski definition) is 1. The third-order valence-corrected chi connectivity index (χ3v) is 4.26. The zero-order valence-electron chi connectivity index (χ0n) is 11.3. The van der Waals surface area contributed by atoms with E-state index in [-0.39, 0.29) is 6.04 Å². The molecule has 0 amide bonds. The third-order valence-electron chi connectivity index (χ3n) is 2.58. The second kappa shape index (κ2) is 5.63. The van der Waals surface area contributed by atoms with Gasteiger partial charge >= 0.3 is 6.18 Å². The van der Waals surface area contributed by atoms with Gasteiger partial charge in [-0.2, -0.15) is 13.2 Å². The van der Waals surface area contributed by atoms with Crippen LogP contribution in [0.2, 0.25) is 0 Å². The molecular weight excluding hydrogens is 275 g/mol. The maximum Gasteiger partial charge on any atom is 0.416 e. The van der Waals surface area contributed by atoms with Crippen molar-refractivity contribution < 1.29 is 17.4 Å². The van der Waals surface area contributed by atoms with Crippen molar-refractivity contribution in [3.05, 3.63) is 35.4 Å². The SMILES string of the molecule is C[C@@H](N[S@](=O)C(C)(C)C)c1ccc(C(F)(F)F)cc1. The van der Waals surface area contributed by atoms with Gasteiger partial charge in [0, 0.05) is 6.04 Å². The minimum Gasteiger partial charge on any atom is -0.242 e. The third kappa shape index (κ3) is 4.62. The van der Waals surface area contributed by atoms with Gasteiger partial charge in [0.2, 0.25) is 0 Å². The smallest absolute Gasteiger partial charge is 0.242 e. The van der Waals surface area contributed by atoms with Crippen LogP contribution >= 0.6 is 0 Å². The van der Waals surface area contributed by atoms with Crippen LogP contribution < -0.4 is 4.72 Å². The van der Waals surface area contributed by atoms with Crippen LogP contribution in [0.4, 0.5) is 13.2 Å². The van der Waals surface area contributed by atoms with Crippen LogP contribution in [0, 0.1) is 0 Å². The lowest BCUT2D eigenvalue weighted by molar-refractivity contribution is -0.137. The molecule has 0 spiro atoms. The van der Waals surface area contributed by atoms with E-state index in [1.54, 1.807) is 6.92 Å². The average Bonchev–Trinajstić information content (AvgIpc) is 2.26. The predicted octanol–water partition coefficient (Wildman–Crippen LogP) is 3.82. The summed E-state index contributed by atoms with van der Waals surface area (Å²) < 4.78 is 51.6. The normalized spacial score (nSPS) is 16.2. The van der Waals surface area contributed by atoms with Crippen molar-refractivity contribution in [2.45, 2.75) is 44.7 Å².